The predicted octanol–water partition coefficient (Wildman–Crippen LogP) is -0.426. The topological polar surface area (TPSA) is 34.1 Å². The molecular weight excluding hydrogens is 125 g/mol. The molecule has 0 aliphatic rings. The van der Waals surface area contributed by atoms with Crippen molar-refractivity contribution in [3.63, 3.8) is 0 Å². The molecule has 0 aliphatic carbocycles. The minimum atomic E-state index is -3.06. The quantitative estimate of drug-likeness (QED) is 0.449. The van der Waals surface area contributed by atoms with Crippen molar-refractivity contribution >= 4 is 18.9 Å². The molecule has 5 heteroatoms. The number of rotatable bonds is 1. The van der Waals surface area contributed by atoms with Crippen LogP contribution in [-0.2, 0) is 21.4 Å². The van der Waals surface area contributed by atoms with Crippen LogP contribution in [0.15, 0.2) is 0 Å². The van der Waals surface area contributed by atoms with Gasteiger partial charge in [0.05, 0.1) is 0 Å². The minimum absolute atomic E-state index is 0. The molecule has 0 N–H and O–H groups in total. The normalized spacial score (nSPS) is 7.67. The van der Waals surface area contributed by atoms with Gasteiger partial charge in [0.2, 0.25) is 0 Å². The zero-order valence-corrected chi connectivity index (χ0v) is 3.46. The number of halogens is 1. The first-order valence-corrected chi connectivity index (χ1v) is 2.64. The molecule has 0 saturated heterocycles. The van der Waals surface area contributed by atoms with Gasteiger partial charge in [0.15, 0.2) is 0 Å². The van der Waals surface area contributed by atoms with Gasteiger partial charge < -0.3 is 0 Å². The van der Waals surface area contributed by atoms with Crippen molar-refractivity contribution in [1.82, 2.24) is 0 Å². The zero-order valence-electron chi connectivity index (χ0n) is 2.28. The van der Waals surface area contributed by atoms with Gasteiger partial charge in [0.1, 0.15) is 0 Å². The Morgan fingerprint density at radius 2 is 1.67 bits per heavy atom. The summed E-state index contributed by atoms with van der Waals surface area (Å²) >= 11 is -3.06. The molecular formula is CH3FLiMnO2. The first-order chi connectivity index (χ1) is 2.27. The van der Waals surface area contributed by atoms with E-state index in [1.54, 1.807) is 0 Å². The maximum absolute atomic E-state index is 10.5. The Hall–Kier alpha value is 0.647. The molecule has 2 nitrogen and oxygen atoms in total. The molecule has 34 valence electrons. The van der Waals surface area contributed by atoms with Crippen molar-refractivity contribution in [3.8, 4) is 0 Å². The van der Waals surface area contributed by atoms with Gasteiger partial charge in [0, 0.05) is 0 Å². The van der Waals surface area contributed by atoms with Gasteiger partial charge in [0.25, 0.3) is 0 Å². The summed E-state index contributed by atoms with van der Waals surface area (Å²) in [5, 5.41) is 0. The van der Waals surface area contributed by atoms with Gasteiger partial charge in [-0.05, 0) is 0 Å². The van der Waals surface area contributed by atoms with E-state index in [-0.39, 0.29) is 18.9 Å². The fraction of sp³-hybridized carbons (Fsp3) is 1.00. The Kier molecular flexibility index (Phi) is 9.24. The third-order valence-electron chi connectivity index (χ3n) is 0.0825. The van der Waals surface area contributed by atoms with Gasteiger partial charge in [-0.1, -0.05) is 0 Å². The second kappa shape index (κ2) is 5.65. The monoisotopic (exact) mass is 128 g/mol. The average Bonchev–Trinajstić information content (AvgIpc) is 1.38. The van der Waals surface area contributed by atoms with Gasteiger partial charge in [-0.2, -0.15) is 0 Å². The number of hydrogen-bond donors (Lipinski definition) is 0. The summed E-state index contributed by atoms with van der Waals surface area (Å²) in [6.45, 7) is 0. The standard InChI is InChI=1S/CH2F.Li.Mn.2O.H/c1-2;;;;;/h1H2;;;;;. The Morgan fingerprint density at radius 3 is 1.67 bits per heavy atom. The van der Waals surface area contributed by atoms with Crippen LogP contribution in [0.5, 0.6) is 0 Å². The summed E-state index contributed by atoms with van der Waals surface area (Å²) < 4.78 is 28.7. The first kappa shape index (κ1) is 9.82. The van der Waals surface area contributed by atoms with Crippen LogP contribution < -0.4 is 0 Å². The van der Waals surface area contributed by atoms with E-state index in [2.05, 4.69) is 0 Å². The van der Waals surface area contributed by atoms with Gasteiger partial charge in [-0.3, -0.25) is 0 Å². The van der Waals surface area contributed by atoms with E-state index in [0.29, 0.717) is 0 Å². The van der Waals surface area contributed by atoms with Crippen LogP contribution in [0.2, 0.25) is 0 Å². The maximum atomic E-state index is 10.5. The van der Waals surface area contributed by atoms with Crippen molar-refractivity contribution in [1.29, 1.82) is 0 Å². The molecule has 0 aromatic rings. The summed E-state index contributed by atoms with van der Waals surface area (Å²) in [6.07, 6.45) is 0. The summed E-state index contributed by atoms with van der Waals surface area (Å²) in [6, 6.07) is 0. The Labute approximate surface area is 50.6 Å². The van der Waals surface area contributed by atoms with Gasteiger partial charge >= 0.3 is 50.3 Å². The predicted molar refractivity (Wildman–Crippen MR) is 14.5 cm³/mol. The van der Waals surface area contributed by atoms with Gasteiger partial charge in [-0.15, -0.1) is 0 Å². The first-order valence-electron chi connectivity index (χ1n) is 0.843. The second-order valence-electron chi connectivity index (χ2n) is 0.382. The van der Waals surface area contributed by atoms with E-state index >= 15 is 0 Å². The summed E-state index contributed by atoms with van der Waals surface area (Å²) in [5.41, 5.74) is -1.20. The Morgan fingerprint density at radius 1 is 1.50 bits per heavy atom. The summed E-state index contributed by atoms with van der Waals surface area (Å²) in [4.78, 5) is 0. The molecule has 0 saturated carbocycles. The van der Waals surface area contributed by atoms with Crippen molar-refractivity contribution < 1.29 is 25.8 Å². The molecule has 6 heavy (non-hydrogen) atoms. The molecule has 0 bridgehead atoms. The molecule has 0 spiro atoms. The SMILES string of the molecule is [LiH].[O]=[Mn](=[O])[CH2]F. The van der Waals surface area contributed by atoms with Crippen LogP contribution in [0.25, 0.3) is 0 Å². The van der Waals surface area contributed by atoms with Crippen LogP contribution in [0.3, 0.4) is 0 Å². The molecule has 0 heterocycles. The van der Waals surface area contributed by atoms with E-state index in [4.69, 9.17) is 7.67 Å². The third kappa shape index (κ3) is 8.82. The fourth-order valence-corrected chi connectivity index (χ4v) is 0. The molecule has 0 aliphatic heterocycles. The summed E-state index contributed by atoms with van der Waals surface area (Å²) in [7, 11) is 0. The van der Waals surface area contributed by atoms with Crippen LogP contribution in [-0.4, -0.2) is 24.4 Å². The van der Waals surface area contributed by atoms with Crippen molar-refractivity contribution in [2.45, 2.75) is 0 Å². The average molecular weight is 128 g/mol. The van der Waals surface area contributed by atoms with Crippen LogP contribution >= 0.6 is 0 Å². The van der Waals surface area contributed by atoms with Crippen molar-refractivity contribution in [2.24, 2.45) is 0 Å². The molecule has 0 aromatic heterocycles. The second-order valence-corrected chi connectivity index (χ2v) is 1.58. The number of hydrogen-bond acceptors (Lipinski definition) is 2. The molecule has 0 aromatic carbocycles. The Bertz CT molecular complexity index is 71.6. The Balaban J connectivity index is 0. The van der Waals surface area contributed by atoms with E-state index in [1.165, 1.54) is 0 Å². The molecule has 0 unspecified atom stereocenters. The van der Waals surface area contributed by atoms with E-state index in [9.17, 15) is 4.39 Å². The van der Waals surface area contributed by atoms with Crippen LogP contribution in [0.1, 0.15) is 0 Å². The van der Waals surface area contributed by atoms with E-state index in [0.717, 1.165) is 0 Å². The number of alkyl halides is 1. The summed E-state index contributed by atoms with van der Waals surface area (Å²) in [5.74, 6) is 0. The van der Waals surface area contributed by atoms with Crippen LogP contribution in [0.4, 0.5) is 4.39 Å². The molecule has 0 fully saturated rings. The fourth-order valence-electron chi connectivity index (χ4n) is 0. The van der Waals surface area contributed by atoms with E-state index < -0.39 is 19.3 Å². The van der Waals surface area contributed by atoms with Crippen molar-refractivity contribution in [2.75, 3.05) is 5.57 Å². The molecule has 0 radical (unpaired) electrons. The third-order valence-corrected chi connectivity index (χ3v) is 0.340. The van der Waals surface area contributed by atoms with Crippen LogP contribution in [0, 0.1) is 0 Å². The van der Waals surface area contributed by atoms with E-state index in [1.807, 2.05) is 0 Å². The zero-order chi connectivity index (χ0) is 4.28. The molecule has 0 rings (SSSR count). The molecule has 0 atom stereocenters. The molecule has 0 amide bonds. The van der Waals surface area contributed by atoms with Gasteiger partial charge in [-0.25, -0.2) is 0 Å². The van der Waals surface area contributed by atoms with Crippen molar-refractivity contribution in [3.05, 3.63) is 0 Å².